The average Bonchev–Trinajstić information content (AvgIpc) is 2.71. The Kier molecular flexibility index (Phi) is 2.65. The predicted molar refractivity (Wildman–Crippen MR) is 69.9 cm³/mol. The Morgan fingerprint density at radius 1 is 0.895 bits per heavy atom. The SMILES string of the molecule is O=C1c2ccc(CO)cc2C(=O)N1c1ccccc1. The van der Waals surface area contributed by atoms with Gasteiger partial charge in [-0.3, -0.25) is 9.59 Å². The molecule has 2 aromatic carbocycles. The molecule has 0 fully saturated rings. The lowest BCUT2D eigenvalue weighted by Gasteiger charge is -2.13. The van der Waals surface area contributed by atoms with Crippen LogP contribution in [0.1, 0.15) is 26.3 Å². The van der Waals surface area contributed by atoms with E-state index in [1.165, 1.54) is 0 Å². The number of carbonyl (C=O) groups is 2. The first kappa shape index (κ1) is 11.6. The van der Waals surface area contributed by atoms with Crippen LogP contribution in [0.2, 0.25) is 0 Å². The van der Waals surface area contributed by atoms with Gasteiger partial charge in [-0.05, 0) is 29.8 Å². The summed E-state index contributed by atoms with van der Waals surface area (Å²) < 4.78 is 0. The van der Waals surface area contributed by atoms with Crippen molar-refractivity contribution >= 4 is 17.5 Å². The van der Waals surface area contributed by atoms with Crippen molar-refractivity contribution in [3.63, 3.8) is 0 Å². The standard InChI is InChI=1S/C15H11NO3/c17-9-10-6-7-12-13(8-10)15(19)16(14(12)18)11-4-2-1-3-5-11/h1-8,17H,9H2. The molecule has 0 saturated heterocycles. The van der Waals surface area contributed by atoms with E-state index in [0.29, 0.717) is 22.4 Å². The molecule has 2 amide bonds. The second-order valence-electron chi connectivity index (χ2n) is 4.32. The molecule has 2 aromatic rings. The van der Waals surface area contributed by atoms with Gasteiger partial charge in [0.05, 0.1) is 23.4 Å². The monoisotopic (exact) mass is 253 g/mol. The van der Waals surface area contributed by atoms with Crippen LogP contribution in [0.4, 0.5) is 5.69 Å². The van der Waals surface area contributed by atoms with Crippen LogP contribution in [-0.4, -0.2) is 16.9 Å². The normalized spacial score (nSPS) is 13.8. The van der Waals surface area contributed by atoms with Crippen molar-refractivity contribution in [2.45, 2.75) is 6.61 Å². The van der Waals surface area contributed by atoms with Crippen LogP contribution in [0.25, 0.3) is 0 Å². The average molecular weight is 253 g/mol. The molecule has 1 N–H and O–H groups in total. The lowest BCUT2D eigenvalue weighted by Crippen LogP contribution is -2.29. The Balaban J connectivity index is 2.10. The number of hydrogen-bond donors (Lipinski definition) is 1. The zero-order chi connectivity index (χ0) is 13.4. The van der Waals surface area contributed by atoms with Gasteiger partial charge in [0, 0.05) is 0 Å². The van der Waals surface area contributed by atoms with Gasteiger partial charge in [0.2, 0.25) is 0 Å². The lowest BCUT2D eigenvalue weighted by molar-refractivity contribution is 0.0926. The molecule has 0 saturated carbocycles. The summed E-state index contributed by atoms with van der Waals surface area (Å²) in [5, 5.41) is 9.09. The minimum Gasteiger partial charge on any atom is -0.392 e. The Hall–Kier alpha value is -2.46. The maximum Gasteiger partial charge on any atom is 0.266 e. The molecule has 1 heterocycles. The Morgan fingerprint density at radius 2 is 1.58 bits per heavy atom. The van der Waals surface area contributed by atoms with Gasteiger partial charge in [-0.15, -0.1) is 0 Å². The van der Waals surface area contributed by atoms with Crippen LogP contribution in [0.5, 0.6) is 0 Å². The highest BCUT2D eigenvalue weighted by molar-refractivity contribution is 6.34. The third-order valence-electron chi connectivity index (χ3n) is 3.15. The topological polar surface area (TPSA) is 57.6 Å². The zero-order valence-corrected chi connectivity index (χ0v) is 10.0. The molecule has 19 heavy (non-hydrogen) atoms. The first-order valence-corrected chi connectivity index (χ1v) is 5.90. The summed E-state index contributed by atoms with van der Waals surface area (Å²) in [5.74, 6) is -0.669. The second kappa shape index (κ2) is 4.33. The number of aliphatic hydroxyl groups excluding tert-OH is 1. The lowest BCUT2D eigenvalue weighted by atomic mass is 10.1. The highest BCUT2D eigenvalue weighted by Gasteiger charge is 2.36. The molecular weight excluding hydrogens is 242 g/mol. The largest absolute Gasteiger partial charge is 0.392 e. The quantitative estimate of drug-likeness (QED) is 0.832. The molecule has 0 aromatic heterocycles. The van der Waals surface area contributed by atoms with Gasteiger partial charge in [-0.2, -0.15) is 0 Å². The Morgan fingerprint density at radius 3 is 2.26 bits per heavy atom. The summed E-state index contributed by atoms with van der Waals surface area (Å²) >= 11 is 0. The maximum atomic E-state index is 12.3. The Bertz CT molecular complexity index is 664. The van der Waals surface area contributed by atoms with E-state index in [2.05, 4.69) is 0 Å². The van der Waals surface area contributed by atoms with Crippen LogP contribution in [0.15, 0.2) is 48.5 Å². The molecule has 3 rings (SSSR count). The fourth-order valence-electron chi connectivity index (χ4n) is 2.20. The van der Waals surface area contributed by atoms with E-state index in [1.54, 1.807) is 42.5 Å². The van der Waals surface area contributed by atoms with Crippen molar-refractivity contribution in [2.75, 3.05) is 4.90 Å². The van der Waals surface area contributed by atoms with Crippen molar-refractivity contribution in [3.8, 4) is 0 Å². The number of benzene rings is 2. The van der Waals surface area contributed by atoms with E-state index in [0.717, 1.165) is 4.90 Å². The molecule has 0 spiro atoms. The van der Waals surface area contributed by atoms with Crippen molar-refractivity contribution in [1.82, 2.24) is 0 Å². The molecule has 4 heteroatoms. The van der Waals surface area contributed by atoms with Crippen molar-refractivity contribution in [2.24, 2.45) is 0 Å². The summed E-state index contributed by atoms with van der Waals surface area (Å²) in [6.07, 6.45) is 0. The molecule has 0 bridgehead atoms. The van der Waals surface area contributed by atoms with Gasteiger partial charge in [0.15, 0.2) is 0 Å². The maximum absolute atomic E-state index is 12.3. The van der Waals surface area contributed by atoms with Gasteiger partial charge in [-0.1, -0.05) is 24.3 Å². The number of amides is 2. The molecule has 1 aliphatic rings. The molecule has 0 radical (unpaired) electrons. The summed E-state index contributed by atoms with van der Waals surface area (Å²) in [6, 6.07) is 13.6. The van der Waals surface area contributed by atoms with E-state index < -0.39 is 0 Å². The number of nitrogens with zero attached hydrogens (tertiary/aromatic N) is 1. The summed E-state index contributed by atoms with van der Waals surface area (Å²) in [7, 11) is 0. The minimum atomic E-state index is -0.346. The molecule has 94 valence electrons. The van der Waals surface area contributed by atoms with Gasteiger partial charge in [0.25, 0.3) is 11.8 Å². The number of fused-ring (bicyclic) bond motifs is 1. The van der Waals surface area contributed by atoms with Gasteiger partial charge < -0.3 is 5.11 Å². The van der Waals surface area contributed by atoms with Gasteiger partial charge >= 0.3 is 0 Å². The van der Waals surface area contributed by atoms with Crippen molar-refractivity contribution in [1.29, 1.82) is 0 Å². The number of para-hydroxylation sites is 1. The smallest absolute Gasteiger partial charge is 0.266 e. The van der Waals surface area contributed by atoms with Crippen LogP contribution in [0.3, 0.4) is 0 Å². The first-order chi connectivity index (χ1) is 9.22. The first-order valence-electron chi connectivity index (χ1n) is 5.90. The Labute approximate surface area is 109 Å². The minimum absolute atomic E-state index is 0.153. The second-order valence-corrected chi connectivity index (χ2v) is 4.32. The molecule has 4 nitrogen and oxygen atoms in total. The summed E-state index contributed by atoms with van der Waals surface area (Å²) in [4.78, 5) is 25.7. The van der Waals surface area contributed by atoms with E-state index in [9.17, 15) is 9.59 Å². The summed E-state index contributed by atoms with van der Waals surface area (Å²) in [6.45, 7) is -0.153. The molecular formula is C15H11NO3. The fourth-order valence-corrected chi connectivity index (χ4v) is 2.20. The van der Waals surface area contributed by atoms with E-state index in [-0.39, 0.29) is 18.4 Å². The third kappa shape index (κ3) is 1.73. The summed E-state index contributed by atoms with van der Waals surface area (Å²) in [5.41, 5.74) is 1.90. The number of anilines is 1. The van der Waals surface area contributed by atoms with E-state index >= 15 is 0 Å². The highest BCUT2D eigenvalue weighted by Crippen LogP contribution is 2.28. The van der Waals surface area contributed by atoms with Gasteiger partial charge in [0.1, 0.15) is 0 Å². The zero-order valence-electron chi connectivity index (χ0n) is 10.0. The van der Waals surface area contributed by atoms with Crippen LogP contribution in [0, 0.1) is 0 Å². The van der Waals surface area contributed by atoms with Crippen molar-refractivity contribution in [3.05, 3.63) is 65.2 Å². The highest BCUT2D eigenvalue weighted by atomic mass is 16.3. The number of hydrogen-bond acceptors (Lipinski definition) is 3. The fraction of sp³-hybridized carbons (Fsp3) is 0.0667. The van der Waals surface area contributed by atoms with E-state index in [1.807, 2.05) is 6.07 Å². The number of rotatable bonds is 2. The van der Waals surface area contributed by atoms with Crippen LogP contribution in [-0.2, 0) is 6.61 Å². The third-order valence-corrected chi connectivity index (χ3v) is 3.15. The van der Waals surface area contributed by atoms with Gasteiger partial charge in [-0.25, -0.2) is 4.90 Å². The molecule has 0 aliphatic carbocycles. The molecule has 0 atom stereocenters. The number of imide groups is 1. The number of aliphatic hydroxyl groups is 1. The van der Waals surface area contributed by atoms with Crippen LogP contribution < -0.4 is 4.90 Å². The van der Waals surface area contributed by atoms with E-state index in [4.69, 9.17) is 5.11 Å². The van der Waals surface area contributed by atoms with Crippen molar-refractivity contribution < 1.29 is 14.7 Å². The molecule has 0 unspecified atom stereocenters. The molecule has 1 aliphatic heterocycles. The van der Waals surface area contributed by atoms with Crippen LogP contribution >= 0.6 is 0 Å². The predicted octanol–water partition coefficient (Wildman–Crippen LogP) is 1.98. The number of carbonyl (C=O) groups excluding carboxylic acids is 2.